The van der Waals surface area contributed by atoms with Crippen molar-refractivity contribution in [2.45, 2.75) is 31.2 Å². The zero-order valence-corrected chi connectivity index (χ0v) is 18.8. The molecule has 2 rings (SSSR count). The van der Waals surface area contributed by atoms with Crippen molar-refractivity contribution in [2.24, 2.45) is 10.1 Å². The van der Waals surface area contributed by atoms with Crippen LogP contribution in [0.15, 0.2) is 51.0 Å². The fraction of sp³-hybridized carbons (Fsp3) is 0.353. The zero-order valence-electron chi connectivity index (χ0n) is 14.8. The second-order valence-electron chi connectivity index (χ2n) is 5.73. The second-order valence-corrected chi connectivity index (χ2v) is 8.07. The molecule has 1 heterocycles. The first-order valence-corrected chi connectivity index (χ1v) is 10.5. The molecule has 0 fully saturated rings. The van der Waals surface area contributed by atoms with Gasteiger partial charge in [0.2, 0.25) is 10.0 Å². The molecule has 1 aromatic carbocycles. The molecule has 4 N–H and O–H groups in total. The van der Waals surface area contributed by atoms with Crippen LogP contribution in [-0.2, 0) is 16.6 Å². The molecule has 2 aromatic rings. The van der Waals surface area contributed by atoms with E-state index in [9.17, 15) is 8.42 Å². The Bertz CT molecular complexity index is 808. The summed E-state index contributed by atoms with van der Waals surface area (Å²) in [6, 6.07) is 8.66. The molecule has 9 heteroatoms. The van der Waals surface area contributed by atoms with Gasteiger partial charge in [-0.05, 0) is 52.9 Å². The van der Waals surface area contributed by atoms with Crippen molar-refractivity contribution in [1.29, 1.82) is 0 Å². The van der Waals surface area contributed by atoms with Crippen molar-refractivity contribution >= 4 is 51.3 Å². The summed E-state index contributed by atoms with van der Waals surface area (Å²) in [4.78, 5) is 4.62. The van der Waals surface area contributed by atoms with Crippen LogP contribution in [0.5, 0.6) is 0 Å². The Kier molecular flexibility index (Phi) is 9.55. The molecular formula is C17H25IN4O2S2. The molecule has 6 nitrogen and oxygen atoms in total. The van der Waals surface area contributed by atoms with Gasteiger partial charge >= 0.3 is 0 Å². The molecule has 0 aliphatic heterocycles. The SMILES string of the molecule is CCNC(=NCc1cccc(S(N)(=O)=O)c1)NCC(C)c1ccsc1.I. The number of guanidine groups is 1. The van der Waals surface area contributed by atoms with Gasteiger partial charge in [-0.3, -0.25) is 0 Å². The monoisotopic (exact) mass is 508 g/mol. The maximum atomic E-state index is 11.4. The maximum Gasteiger partial charge on any atom is 0.238 e. The van der Waals surface area contributed by atoms with E-state index in [2.05, 4.69) is 39.4 Å². The third kappa shape index (κ3) is 7.22. The molecule has 0 radical (unpaired) electrons. The van der Waals surface area contributed by atoms with E-state index < -0.39 is 10.0 Å². The lowest BCUT2D eigenvalue weighted by Crippen LogP contribution is -2.39. The fourth-order valence-electron chi connectivity index (χ4n) is 2.26. The third-order valence-electron chi connectivity index (χ3n) is 3.68. The van der Waals surface area contributed by atoms with Crippen LogP contribution in [0.4, 0.5) is 0 Å². The smallest absolute Gasteiger partial charge is 0.238 e. The summed E-state index contributed by atoms with van der Waals surface area (Å²) in [7, 11) is -3.70. The highest BCUT2D eigenvalue weighted by Crippen LogP contribution is 2.17. The van der Waals surface area contributed by atoms with Gasteiger partial charge in [0.15, 0.2) is 5.96 Å². The average Bonchev–Trinajstić information content (AvgIpc) is 3.11. The first-order chi connectivity index (χ1) is 11.9. The van der Waals surface area contributed by atoms with Gasteiger partial charge < -0.3 is 10.6 Å². The summed E-state index contributed by atoms with van der Waals surface area (Å²) < 4.78 is 22.9. The zero-order chi connectivity index (χ0) is 18.3. The third-order valence-corrected chi connectivity index (χ3v) is 5.29. The van der Waals surface area contributed by atoms with Gasteiger partial charge in [0.25, 0.3) is 0 Å². The Morgan fingerprint density at radius 1 is 1.31 bits per heavy atom. The normalized spacial score (nSPS) is 13.0. The Labute approximate surface area is 176 Å². The van der Waals surface area contributed by atoms with E-state index in [0.29, 0.717) is 18.4 Å². The first-order valence-electron chi connectivity index (χ1n) is 8.06. The predicted octanol–water partition coefficient (Wildman–Crippen LogP) is 2.87. The largest absolute Gasteiger partial charge is 0.357 e. The summed E-state index contributed by atoms with van der Waals surface area (Å²) in [6.07, 6.45) is 0. The number of aliphatic imine (C=N–C) groups is 1. The van der Waals surface area contributed by atoms with Gasteiger partial charge in [-0.25, -0.2) is 18.5 Å². The summed E-state index contributed by atoms with van der Waals surface area (Å²) in [5.41, 5.74) is 2.09. The fourth-order valence-corrected chi connectivity index (χ4v) is 3.62. The molecule has 0 amide bonds. The van der Waals surface area contributed by atoms with E-state index in [0.717, 1.165) is 18.7 Å². The lowest BCUT2D eigenvalue weighted by Gasteiger charge is -2.15. The number of halogens is 1. The van der Waals surface area contributed by atoms with Crippen LogP contribution in [0, 0.1) is 0 Å². The number of hydrogen-bond acceptors (Lipinski definition) is 4. The molecule has 1 unspecified atom stereocenters. The standard InChI is InChI=1S/C17H24N4O2S2.HI/c1-3-19-17(20-10-13(2)15-7-8-24-12-15)21-11-14-5-4-6-16(9-14)25(18,22)23;/h4-9,12-13H,3,10-11H2,1-2H3,(H2,18,22,23)(H2,19,20,21);1H. The summed E-state index contributed by atoms with van der Waals surface area (Å²) in [5.74, 6) is 1.08. The number of hydrogen-bond donors (Lipinski definition) is 3. The molecule has 1 aromatic heterocycles. The van der Waals surface area contributed by atoms with Crippen LogP contribution in [0.1, 0.15) is 30.9 Å². The van der Waals surface area contributed by atoms with E-state index >= 15 is 0 Å². The lowest BCUT2D eigenvalue weighted by atomic mass is 10.1. The van der Waals surface area contributed by atoms with Gasteiger partial charge in [0.1, 0.15) is 0 Å². The number of rotatable bonds is 7. The second kappa shape index (κ2) is 10.9. The molecule has 0 spiro atoms. The number of nitrogens with two attached hydrogens (primary N) is 1. The van der Waals surface area contributed by atoms with Crippen molar-refractivity contribution in [3.8, 4) is 0 Å². The minimum absolute atomic E-state index is 0. The van der Waals surface area contributed by atoms with Crippen LogP contribution < -0.4 is 15.8 Å². The molecule has 0 saturated heterocycles. The summed E-state index contributed by atoms with van der Waals surface area (Å²) >= 11 is 1.69. The summed E-state index contributed by atoms with van der Waals surface area (Å²) in [6.45, 7) is 6.04. The minimum atomic E-state index is -3.70. The molecule has 0 aliphatic carbocycles. The summed E-state index contributed by atoms with van der Waals surface area (Å²) in [5, 5.41) is 15.9. The Balaban J connectivity index is 0.00000338. The topological polar surface area (TPSA) is 96.6 Å². The maximum absolute atomic E-state index is 11.4. The molecule has 26 heavy (non-hydrogen) atoms. The van der Waals surface area contributed by atoms with Gasteiger partial charge in [-0.1, -0.05) is 19.1 Å². The van der Waals surface area contributed by atoms with E-state index in [4.69, 9.17) is 5.14 Å². The van der Waals surface area contributed by atoms with E-state index in [1.165, 1.54) is 11.6 Å². The van der Waals surface area contributed by atoms with Gasteiger partial charge in [-0.15, -0.1) is 24.0 Å². The number of primary sulfonamides is 1. The average molecular weight is 508 g/mol. The number of nitrogens with zero attached hydrogens (tertiary/aromatic N) is 1. The number of nitrogens with one attached hydrogen (secondary N) is 2. The molecule has 0 saturated carbocycles. The van der Waals surface area contributed by atoms with Crippen molar-refractivity contribution in [3.63, 3.8) is 0 Å². The molecule has 0 bridgehead atoms. The predicted molar refractivity (Wildman–Crippen MR) is 119 cm³/mol. The van der Waals surface area contributed by atoms with Crippen LogP contribution in [0.2, 0.25) is 0 Å². The Hall–Kier alpha value is -1.17. The van der Waals surface area contributed by atoms with Crippen LogP contribution in [0.25, 0.3) is 0 Å². The van der Waals surface area contributed by atoms with Crippen LogP contribution in [-0.4, -0.2) is 27.5 Å². The van der Waals surface area contributed by atoms with Gasteiger partial charge in [0, 0.05) is 13.1 Å². The van der Waals surface area contributed by atoms with Crippen molar-refractivity contribution in [3.05, 3.63) is 52.2 Å². The van der Waals surface area contributed by atoms with Crippen molar-refractivity contribution < 1.29 is 8.42 Å². The Morgan fingerprint density at radius 3 is 2.69 bits per heavy atom. The molecule has 144 valence electrons. The molecule has 1 atom stereocenters. The van der Waals surface area contributed by atoms with E-state index in [1.54, 1.807) is 23.5 Å². The molecular weight excluding hydrogens is 483 g/mol. The highest BCUT2D eigenvalue weighted by atomic mass is 127. The highest BCUT2D eigenvalue weighted by Gasteiger charge is 2.09. The van der Waals surface area contributed by atoms with Crippen LogP contribution >= 0.6 is 35.3 Å². The highest BCUT2D eigenvalue weighted by molar-refractivity contribution is 14.0. The van der Waals surface area contributed by atoms with Gasteiger partial charge in [0.05, 0.1) is 11.4 Å². The van der Waals surface area contributed by atoms with Crippen molar-refractivity contribution in [1.82, 2.24) is 10.6 Å². The van der Waals surface area contributed by atoms with E-state index in [-0.39, 0.29) is 28.9 Å². The first kappa shape index (κ1) is 22.9. The minimum Gasteiger partial charge on any atom is -0.357 e. The van der Waals surface area contributed by atoms with E-state index in [1.807, 2.05) is 13.0 Å². The number of sulfonamides is 1. The lowest BCUT2D eigenvalue weighted by molar-refractivity contribution is 0.597. The number of benzene rings is 1. The van der Waals surface area contributed by atoms with Crippen LogP contribution in [0.3, 0.4) is 0 Å². The van der Waals surface area contributed by atoms with Crippen molar-refractivity contribution in [2.75, 3.05) is 13.1 Å². The number of thiophene rings is 1. The quantitative estimate of drug-likeness (QED) is 0.305. The van der Waals surface area contributed by atoms with Gasteiger partial charge in [-0.2, -0.15) is 11.3 Å². The Morgan fingerprint density at radius 2 is 2.08 bits per heavy atom. The molecule has 0 aliphatic rings.